The van der Waals surface area contributed by atoms with E-state index in [1.807, 2.05) is 0 Å². The molecule has 1 heterocycles. The fraction of sp³-hybridized carbons (Fsp3) is 0.500. The summed E-state index contributed by atoms with van der Waals surface area (Å²) in [7, 11) is 1.57. The van der Waals surface area contributed by atoms with Gasteiger partial charge in [0.1, 0.15) is 0 Å². The van der Waals surface area contributed by atoms with Crippen LogP contribution in [0.5, 0.6) is 0 Å². The molecule has 1 aliphatic rings. The van der Waals surface area contributed by atoms with Gasteiger partial charge in [0.05, 0.1) is 4.90 Å². The Kier molecular flexibility index (Phi) is 4.39. The van der Waals surface area contributed by atoms with Gasteiger partial charge in [-0.3, -0.25) is 4.79 Å². The van der Waals surface area contributed by atoms with Gasteiger partial charge in [0, 0.05) is 29.3 Å². The maximum absolute atomic E-state index is 12.4. The Bertz CT molecular complexity index is 627. The Morgan fingerprint density at radius 1 is 1.45 bits per heavy atom. The molecule has 20 heavy (non-hydrogen) atoms. The van der Waals surface area contributed by atoms with E-state index in [-0.39, 0.29) is 10.8 Å². The molecule has 1 atom stereocenters. The third-order valence-corrected chi connectivity index (χ3v) is 5.31. The first-order valence-electron chi connectivity index (χ1n) is 6.67. The Morgan fingerprint density at radius 3 is 2.70 bits per heavy atom. The molecular weight excluding hydrogens is 298 g/mol. The average Bonchev–Trinajstić information content (AvgIpc) is 2.86. The number of nitrogens with zero attached hydrogens (tertiary/aromatic N) is 1. The predicted molar refractivity (Wildman–Crippen MR) is 78.5 cm³/mol. The highest BCUT2D eigenvalue weighted by Crippen LogP contribution is 2.24. The summed E-state index contributed by atoms with van der Waals surface area (Å²) in [5, 5.41) is 0. The van der Waals surface area contributed by atoms with Gasteiger partial charge in [0.25, 0.3) is 15.0 Å². The van der Waals surface area contributed by atoms with E-state index in [9.17, 15) is 13.2 Å². The fourth-order valence-corrected chi connectivity index (χ4v) is 3.75. The smallest absolute Gasteiger partial charge is 0.261 e. The van der Waals surface area contributed by atoms with E-state index in [1.165, 1.54) is 6.07 Å². The minimum atomic E-state index is -3.83. The number of hydrogen-bond donors (Lipinski definition) is 0. The van der Waals surface area contributed by atoms with Gasteiger partial charge in [-0.15, -0.1) is 0 Å². The number of carbonyl (C=O) groups is 1. The lowest BCUT2D eigenvalue weighted by atomic mass is 10.1. The molecule has 0 saturated carbocycles. The van der Waals surface area contributed by atoms with Gasteiger partial charge in [0.15, 0.2) is 0 Å². The molecule has 1 amide bonds. The van der Waals surface area contributed by atoms with Crippen molar-refractivity contribution in [3.63, 3.8) is 0 Å². The summed E-state index contributed by atoms with van der Waals surface area (Å²) in [5.41, 5.74) is 0.927. The highest BCUT2D eigenvalue weighted by molar-refractivity contribution is 8.13. The molecule has 1 saturated heterocycles. The van der Waals surface area contributed by atoms with Gasteiger partial charge in [0.2, 0.25) is 0 Å². The van der Waals surface area contributed by atoms with Crippen molar-refractivity contribution in [1.29, 1.82) is 0 Å². The quantitative estimate of drug-likeness (QED) is 0.806. The Morgan fingerprint density at radius 2 is 2.15 bits per heavy atom. The lowest BCUT2D eigenvalue weighted by Crippen LogP contribution is -2.28. The second-order valence-corrected chi connectivity index (χ2v) is 7.77. The van der Waals surface area contributed by atoms with Gasteiger partial charge >= 0.3 is 0 Å². The SMILES string of the molecule is CCC1CCN(C(=O)c2ccc(C)c(S(=O)(=O)Cl)c2)C1. The molecule has 4 nitrogen and oxygen atoms in total. The summed E-state index contributed by atoms with van der Waals surface area (Å²) < 4.78 is 23.0. The van der Waals surface area contributed by atoms with Gasteiger partial charge in [-0.2, -0.15) is 0 Å². The van der Waals surface area contributed by atoms with E-state index < -0.39 is 9.05 Å². The van der Waals surface area contributed by atoms with E-state index in [2.05, 4.69) is 6.92 Å². The molecule has 1 fully saturated rings. The molecule has 6 heteroatoms. The van der Waals surface area contributed by atoms with Crippen LogP contribution < -0.4 is 0 Å². The van der Waals surface area contributed by atoms with Crippen molar-refractivity contribution in [2.75, 3.05) is 13.1 Å². The number of halogens is 1. The van der Waals surface area contributed by atoms with Crippen molar-refractivity contribution >= 4 is 25.6 Å². The fourth-order valence-electron chi connectivity index (χ4n) is 2.53. The molecule has 0 spiro atoms. The molecule has 0 radical (unpaired) electrons. The van der Waals surface area contributed by atoms with Crippen molar-refractivity contribution < 1.29 is 13.2 Å². The number of carbonyl (C=O) groups excluding carboxylic acids is 1. The van der Waals surface area contributed by atoms with Gasteiger partial charge < -0.3 is 4.90 Å². The predicted octanol–water partition coefficient (Wildman–Crippen LogP) is 2.79. The Labute approximate surface area is 124 Å². The van der Waals surface area contributed by atoms with E-state index in [0.29, 0.717) is 17.0 Å². The monoisotopic (exact) mass is 315 g/mol. The molecule has 0 aromatic heterocycles. The van der Waals surface area contributed by atoms with E-state index >= 15 is 0 Å². The minimum absolute atomic E-state index is 0.0104. The highest BCUT2D eigenvalue weighted by atomic mass is 35.7. The average molecular weight is 316 g/mol. The molecular formula is C14H18ClNO3S. The van der Waals surface area contributed by atoms with Crippen LogP contribution in [0.4, 0.5) is 0 Å². The first kappa shape index (κ1) is 15.3. The number of likely N-dealkylation sites (tertiary alicyclic amines) is 1. The first-order valence-corrected chi connectivity index (χ1v) is 8.98. The number of amides is 1. The van der Waals surface area contributed by atoms with E-state index in [4.69, 9.17) is 10.7 Å². The van der Waals surface area contributed by atoms with Crippen LogP contribution in [0.15, 0.2) is 23.1 Å². The summed E-state index contributed by atoms with van der Waals surface area (Å²) in [4.78, 5) is 14.2. The summed E-state index contributed by atoms with van der Waals surface area (Å²) >= 11 is 0. The zero-order chi connectivity index (χ0) is 14.9. The molecule has 1 aromatic rings. The van der Waals surface area contributed by atoms with Crippen molar-refractivity contribution in [2.24, 2.45) is 5.92 Å². The van der Waals surface area contributed by atoms with Crippen LogP contribution in [0, 0.1) is 12.8 Å². The lowest BCUT2D eigenvalue weighted by Gasteiger charge is -2.17. The minimum Gasteiger partial charge on any atom is -0.338 e. The Hall–Kier alpha value is -1.07. The maximum Gasteiger partial charge on any atom is 0.261 e. The van der Waals surface area contributed by atoms with Crippen LogP contribution in [0.2, 0.25) is 0 Å². The second kappa shape index (κ2) is 5.74. The summed E-state index contributed by atoms with van der Waals surface area (Å²) in [6.45, 7) is 5.25. The van der Waals surface area contributed by atoms with E-state index in [1.54, 1.807) is 24.0 Å². The zero-order valence-electron chi connectivity index (χ0n) is 11.6. The van der Waals surface area contributed by atoms with Crippen molar-refractivity contribution in [3.8, 4) is 0 Å². The summed E-state index contributed by atoms with van der Waals surface area (Å²) in [6, 6.07) is 4.65. The van der Waals surface area contributed by atoms with Crippen molar-refractivity contribution in [3.05, 3.63) is 29.3 Å². The molecule has 1 aliphatic heterocycles. The molecule has 2 rings (SSSR count). The number of rotatable bonds is 3. The van der Waals surface area contributed by atoms with Crippen LogP contribution in [-0.2, 0) is 9.05 Å². The van der Waals surface area contributed by atoms with Gasteiger partial charge in [-0.1, -0.05) is 19.4 Å². The van der Waals surface area contributed by atoms with Gasteiger partial charge in [-0.25, -0.2) is 8.42 Å². The molecule has 0 bridgehead atoms. The van der Waals surface area contributed by atoms with Crippen LogP contribution in [-0.4, -0.2) is 32.3 Å². The molecule has 0 aliphatic carbocycles. The highest BCUT2D eigenvalue weighted by Gasteiger charge is 2.26. The molecule has 1 aromatic carbocycles. The molecule has 0 N–H and O–H groups in total. The van der Waals surface area contributed by atoms with E-state index in [0.717, 1.165) is 25.9 Å². The lowest BCUT2D eigenvalue weighted by molar-refractivity contribution is 0.0786. The van der Waals surface area contributed by atoms with Crippen LogP contribution in [0.25, 0.3) is 0 Å². The van der Waals surface area contributed by atoms with Crippen LogP contribution in [0.3, 0.4) is 0 Å². The zero-order valence-corrected chi connectivity index (χ0v) is 13.2. The first-order chi connectivity index (χ1) is 9.32. The molecule has 1 unspecified atom stereocenters. The number of hydrogen-bond acceptors (Lipinski definition) is 3. The Balaban J connectivity index is 2.28. The number of aryl methyl sites for hydroxylation is 1. The summed E-state index contributed by atoms with van der Waals surface area (Å²) in [6.07, 6.45) is 2.06. The maximum atomic E-state index is 12.4. The standard InChI is InChI=1S/C14H18ClNO3S/c1-3-11-6-7-16(9-11)14(17)12-5-4-10(2)13(8-12)20(15,18)19/h4-5,8,11H,3,6-7,9H2,1-2H3. The van der Waals surface area contributed by atoms with Crippen molar-refractivity contribution in [1.82, 2.24) is 4.90 Å². The normalized spacial score (nSPS) is 19.4. The largest absolute Gasteiger partial charge is 0.338 e. The van der Waals surface area contributed by atoms with Crippen molar-refractivity contribution in [2.45, 2.75) is 31.6 Å². The second-order valence-electron chi connectivity index (χ2n) is 5.23. The number of benzene rings is 1. The van der Waals surface area contributed by atoms with Crippen LogP contribution in [0.1, 0.15) is 35.7 Å². The third-order valence-electron chi connectivity index (χ3n) is 3.85. The summed E-state index contributed by atoms with van der Waals surface area (Å²) in [5.74, 6) is 0.420. The van der Waals surface area contributed by atoms with Crippen LogP contribution >= 0.6 is 10.7 Å². The third kappa shape index (κ3) is 3.15. The molecule has 110 valence electrons. The van der Waals surface area contributed by atoms with Gasteiger partial charge in [-0.05, 0) is 37.0 Å². The topological polar surface area (TPSA) is 54.5 Å².